The smallest absolute Gasteiger partial charge is 0.251 e. The largest absolute Gasteiger partial charge is 0.497 e. The molecule has 1 aromatic heterocycles. The summed E-state index contributed by atoms with van der Waals surface area (Å²) >= 11 is 0. The van der Waals surface area contributed by atoms with Gasteiger partial charge in [-0.15, -0.1) is 0 Å². The number of hydrogen-bond acceptors (Lipinski definition) is 5. The molecule has 1 unspecified atom stereocenters. The van der Waals surface area contributed by atoms with Crippen LogP contribution in [0, 0.1) is 5.92 Å². The van der Waals surface area contributed by atoms with E-state index in [0.717, 1.165) is 44.0 Å². The Morgan fingerprint density at radius 3 is 2.90 bits per heavy atom. The number of benzene rings is 1. The minimum Gasteiger partial charge on any atom is -0.497 e. The van der Waals surface area contributed by atoms with Crippen molar-refractivity contribution >= 4 is 5.91 Å². The standard InChI is InChI=1S/C23H32N4O3/c1-17(2)14-25-21(28)20-16-27-12-9-24-22(27)23(30-20)7-10-26(11-8-23)15-18-5-4-6-19(13-18)29-3/h4-6,9,12-13,17,20H,7-8,10-11,14-16H2,1-3H3,(H,25,28). The molecule has 0 bridgehead atoms. The molecule has 2 aliphatic rings. The lowest BCUT2D eigenvalue weighted by Gasteiger charge is -2.45. The number of hydrogen-bond donors (Lipinski definition) is 1. The normalized spacial score (nSPS) is 20.9. The molecule has 2 aliphatic heterocycles. The maximum Gasteiger partial charge on any atom is 0.251 e. The second-order valence-electron chi connectivity index (χ2n) is 8.77. The third-order valence-electron chi connectivity index (χ3n) is 6.03. The number of aromatic nitrogens is 2. The Hall–Kier alpha value is -2.38. The lowest BCUT2D eigenvalue weighted by atomic mass is 9.88. The minimum atomic E-state index is -0.494. The number of imidazole rings is 1. The summed E-state index contributed by atoms with van der Waals surface area (Å²) in [6.07, 6.45) is 4.95. The van der Waals surface area contributed by atoms with Crippen molar-refractivity contribution in [3.05, 3.63) is 48.0 Å². The van der Waals surface area contributed by atoms with Crippen LogP contribution in [0.2, 0.25) is 0 Å². The molecule has 30 heavy (non-hydrogen) atoms. The average molecular weight is 413 g/mol. The van der Waals surface area contributed by atoms with E-state index in [2.05, 4.69) is 45.7 Å². The third kappa shape index (κ3) is 4.37. The number of piperidine rings is 1. The van der Waals surface area contributed by atoms with Crippen molar-refractivity contribution in [2.75, 3.05) is 26.7 Å². The first-order chi connectivity index (χ1) is 14.5. The Balaban J connectivity index is 1.44. The highest BCUT2D eigenvalue weighted by Crippen LogP contribution is 2.40. The van der Waals surface area contributed by atoms with Crippen LogP contribution in [0.25, 0.3) is 0 Å². The zero-order chi connectivity index (χ0) is 21.1. The van der Waals surface area contributed by atoms with Crippen molar-refractivity contribution in [1.82, 2.24) is 19.8 Å². The van der Waals surface area contributed by atoms with E-state index in [0.29, 0.717) is 19.0 Å². The van der Waals surface area contributed by atoms with E-state index >= 15 is 0 Å². The van der Waals surface area contributed by atoms with Gasteiger partial charge in [-0.1, -0.05) is 26.0 Å². The molecule has 1 fully saturated rings. The summed E-state index contributed by atoms with van der Waals surface area (Å²) in [5, 5.41) is 3.03. The van der Waals surface area contributed by atoms with E-state index in [1.165, 1.54) is 5.56 Å². The number of rotatable bonds is 6. The Morgan fingerprint density at radius 2 is 2.17 bits per heavy atom. The van der Waals surface area contributed by atoms with Crippen molar-refractivity contribution in [1.29, 1.82) is 0 Å². The van der Waals surface area contributed by atoms with Crippen molar-refractivity contribution < 1.29 is 14.3 Å². The fraction of sp³-hybridized carbons (Fsp3) is 0.565. The van der Waals surface area contributed by atoms with E-state index in [1.807, 2.05) is 24.5 Å². The Morgan fingerprint density at radius 1 is 1.37 bits per heavy atom. The quantitative estimate of drug-likeness (QED) is 0.790. The first-order valence-electron chi connectivity index (χ1n) is 10.8. The molecule has 162 valence electrons. The highest BCUT2D eigenvalue weighted by Gasteiger charge is 2.47. The molecular formula is C23H32N4O3. The first kappa shape index (κ1) is 20.9. The summed E-state index contributed by atoms with van der Waals surface area (Å²) in [4.78, 5) is 19.8. The predicted octanol–water partition coefficient (Wildman–Crippen LogP) is 2.55. The zero-order valence-electron chi connectivity index (χ0n) is 18.1. The lowest BCUT2D eigenvalue weighted by Crippen LogP contribution is -2.54. The van der Waals surface area contributed by atoms with Crippen LogP contribution < -0.4 is 10.1 Å². The monoisotopic (exact) mass is 412 g/mol. The molecule has 2 aromatic rings. The number of amides is 1. The Bertz CT molecular complexity index is 871. The van der Waals surface area contributed by atoms with Crippen molar-refractivity contribution in [3.63, 3.8) is 0 Å². The van der Waals surface area contributed by atoms with Gasteiger partial charge in [0.1, 0.15) is 17.2 Å². The molecule has 1 spiro atoms. The Labute approximate surface area is 178 Å². The van der Waals surface area contributed by atoms with E-state index in [1.54, 1.807) is 7.11 Å². The molecule has 0 saturated carbocycles. The van der Waals surface area contributed by atoms with Gasteiger partial charge in [0.15, 0.2) is 6.10 Å². The van der Waals surface area contributed by atoms with Crippen LogP contribution in [0.1, 0.15) is 38.1 Å². The van der Waals surface area contributed by atoms with Gasteiger partial charge in [-0.2, -0.15) is 0 Å². The van der Waals surface area contributed by atoms with Gasteiger partial charge < -0.3 is 19.4 Å². The molecule has 1 N–H and O–H groups in total. The van der Waals surface area contributed by atoms with Gasteiger partial charge in [0.2, 0.25) is 0 Å². The van der Waals surface area contributed by atoms with Crippen LogP contribution in [0.15, 0.2) is 36.7 Å². The van der Waals surface area contributed by atoms with Gasteiger partial charge in [-0.25, -0.2) is 4.98 Å². The van der Waals surface area contributed by atoms with E-state index in [4.69, 9.17) is 9.47 Å². The number of methoxy groups -OCH3 is 1. The van der Waals surface area contributed by atoms with E-state index in [-0.39, 0.29) is 5.91 Å². The molecule has 4 rings (SSSR count). The number of likely N-dealkylation sites (tertiary alicyclic amines) is 1. The van der Waals surface area contributed by atoms with Crippen LogP contribution in [0.5, 0.6) is 5.75 Å². The molecule has 3 heterocycles. The molecule has 7 heteroatoms. The predicted molar refractivity (Wildman–Crippen MR) is 114 cm³/mol. The van der Waals surface area contributed by atoms with E-state index in [9.17, 15) is 4.79 Å². The molecule has 0 radical (unpaired) electrons. The second-order valence-corrected chi connectivity index (χ2v) is 8.77. The Kier molecular flexibility index (Phi) is 6.11. The maximum atomic E-state index is 12.7. The van der Waals surface area contributed by atoms with Crippen molar-refractivity contribution in [3.8, 4) is 5.75 Å². The summed E-state index contributed by atoms with van der Waals surface area (Å²) in [6.45, 7) is 8.03. The van der Waals surface area contributed by atoms with Gasteiger partial charge in [0.25, 0.3) is 5.91 Å². The fourth-order valence-electron chi connectivity index (χ4n) is 4.39. The molecule has 1 saturated heterocycles. The lowest BCUT2D eigenvalue weighted by molar-refractivity contribution is -0.174. The topological polar surface area (TPSA) is 68.6 Å². The first-order valence-corrected chi connectivity index (χ1v) is 10.8. The number of carbonyl (C=O) groups excluding carboxylic acids is 1. The number of nitrogens with zero attached hydrogens (tertiary/aromatic N) is 3. The van der Waals surface area contributed by atoms with Crippen LogP contribution in [0.4, 0.5) is 0 Å². The van der Waals surface area contributed by atoms with Gasteiger partial charge in [0.05, 0.1) is 13.7 Å². The number of fused-ring (bicyclic) bond motifs is 2. The fourth-order valence-corrected chi connectivity index (χ4v) is 4.39. The van der Waals surface area contributed by atoms with Gasteiger partial charge in [-0.3, -0.25) is 9.69 Å². The highest BCUT2D eigenvalue weighted by molar-refractivity contribution is 5.80. The molecular weight excluding hydrogens is 380 g/mol. The van der Waals surface area contributed by atoms with Gasteiger partial charge >= 0.3 is 0 Å². The average Bonchev–Trinajstić information content (AvgIpc) is 3.23. The number of nitrogens with one attached hydrogen (secondary N) is 1. The van der Waals surface area contributed by atoms with Gasteiger partial charge in [0, 0.05) is 38.6 Å². The van der Waals surface area contributed by atoms with Crippen LogP contribution in [0.3, 0.4) is 0 Å². The summed E-state index contributed by atoms with van der Waals surface area (Å²) in [6, 6.07) is 8.21. The van der Waals surface area contributed by atoms with Crippen LogP contribution in [-0.2, 0) is 28.2 Å². The molecule has 1 amide bonds. The van der Waals surface area contributed by atoms with Crippen LogP contribution in [-0.4, -0.2) is 53.2 Å². The summed E-state index contributed by atoms with van der Waals surface area (Å²) in [5.74, 6) is 2.22. The minimum absolute atomic E-state index is 0.0266. The van der Waals surface area contributed by atoms with Crippen molar-refractivity contribution in [2.24, 2.45) is 5.92 Å². The second kappa shape index (κ2) is 8.78. The third-order valence-corrected chi connectivity index (χ3v) is 6.03. The summed E-state index contributed by atoms with van der Waals surface area (Å²) < 4.78 is 13.9. The maximum absolute atomic E-state index is 12.7. The van der Waals surface area contributed by atoms with Crippen molar-refractivity contribution in [2.45, 2.75) is 51.5 Å². The molecule has 7 nitrogen and oxygen atoms in total. The zero-order valence-corrected chi connectivity index (χ0v) is 18.1. The molecule has 1 atom stereocenters. The number of carbonyl (C=O) groups is 1. The molecule has 1 aromatic carbocycles. The molecule has 0 aliphatic carbocycles. The summed E-state index contributed by atoms with van der Waals surface area (Å²) in [5.41, 5.74) is 0.745. The van der Waals surface area contributed by atoms with E-state index < -0.39 is 11.7 Å². The van der Waals surface area contributed by atoms with Crippen LogP contribution >= 0.6 is 0 Å². The SMILES string of the molecule is COc1cccc(CN2CCC3(CC2)OC(C(=O)NCC(C)C)Cn2ccnc23)c1. The summed E-state index contributed by atoms with van der Waals surface area (Å²) in [7, 11) is 1.69. The van der Waals surface area contributed by atoms with Gasteiger partial charge in [-0.05, 0) is 36.5 Å². The highest BCUT2D eigenvalue weighted by atomic mass is 16.5. The number of ether oxygens (including phenoxy) is 2.